The molecule has 0 bridgehead atoms. The van der Waals surface area contributed by atoms with E-state index in [4.69, 9.17) is 4.74 Å². The van der Waals surface area contributed by atoms with Gasteiger partial charge in [-0.15, -0.1) is 0 Å². The number of aromatic nitrogens is 7. The number of halogens is 1. The van der Waals surface area contributed by atoms with Gasteiger partial charge in [-0.2, -0.15) is 10.1 Å². The van der Waals surface area contributed by atoms with E-state index in [0.29, 0.717) is 30.8 Å². The number of anilines is 4. The van der Waals surface area contributed by atoms with Crippen molar-refractivity contribution < 1.29 is 9.13 Å². The van der Waals surface area contributed by atoms with Crippen LogP contribution in [0.15, 0.2) is 55.4 Å². The van der Waals surface area contributed by atoms with Crippen LogP contribution in [0.3, 0.4) is 0 Å². The first kappa shape index (κ1) is 25.1. The van der Waals surface area contributed by atoms with Crippen LogP contribution in [0.2, 0.25) is 0 Å². The number of nitrogens with one attached hydrogen (secondary N) is 2. The van der Waals surface area contributed by atoms with Crippen LogP contribution in [0.25, 0.3) is 0 Å². The zero-order chi connectivity index (χ0) is 26.4. The van der Waals surface area contributed by atoms with Crippen LogP contribution in [-0.4, -0.2) is 86.7 Å². The highest BCUT2D eigenvalue weighted by Gasteiger charge is 2.21. The van der Waals surface area contributed by atoms with Gasteiger partial charge in [-0.25, -0.2) is 24.3 Å². The molecular formula is C26H30FN11O. The molecule has 202 valence electrons. The predicted octanol–water partition coefficient (Wildman–Crippen LogP) is 1.65. The molecule has 12 nitrogen and oxygen atoms in total. The highest BCUT2D eigenvalue weighted by atomic mass is 19.1. The fourth-order valence-corrected chi connectivity index (χ4v) is 4.69. The molecule has 0 aliphatic carbocycles. The van der Waals surface area contributed by atoms with E-state index < -0.39 is 0 Å². The third-order valence-electron chi connectivity index (χ3n) is 6.68. The summed E-state index contributed by atoms with van der Waals surface area (Å²) in [6.07, 6.45) is 9.51. The van der Waals surface area contributed by atoms with E-state index in [-0.39, 0.29) is 11.9 Å². The summed E-state index contributed by atoms with van der Waals surface area (Å²) >= 11 is 0. The second-order valence-corrected chi connectivity index (χ2v) is 9.55. The molecule has 0 amide bonds. The minimum atomic E-state index is -0.238. The number of nitrogens with zero attached hydrogens (tertiary/aromatic N) is 9. The number of hydrogen-bond acceptors (Lipinski definition) is 11. The number of hydrogen-bond donors (Lipinski definition) is 2. The Hall–Kier alpha value is -4.23. The van der Waals surface area contributed by atoms with Crippen LogP contribution in [0.4, 0.5) is 27.9 Å². The molecule has 3 aromatic heterocycles. The van der Waals surface area contributed by atoms with Crippen LogP contribution >= 0.6 is 0 Å². The Balaban J connectivity index is 1.02. The first-order chi connectivity index (χ1) is 19.2. The highest BCUT2D eigenvalue weighted by molar-refractivity contribution is 5.51. The zero-order valence-electron chi connectivity index (χ0n) is 21.4. The molecule has 2 aliphatic rings. The Kier molecular flexibility index (Phi) is 7.50. The van der Waals surface area contributed by atoms with E-state index in [9.17, 15) is 4.39 Å². The predicted molar refractivity (Wildman–Crippen MR) is 144 cm³/mol. The summed E-state index contributed by atoms with van der Waals surface area (Å²) in [7, 11) is 0. The summed E-state index contributed by atoms with van der Waals surface area (Å²) in [6, 6.07) is 6.59. The fourth-order valence-electron chi connectivity index (χ4n) is 4.69. The maximum Gasteiger partial charge on any atom is 0.232 e. The van der Waals surface area contributed by atoms with Gasteiger partial charge in [-0.3, -0.25) is 4.68 Å². The van der Waals surface area contributed by atoms with Gasteiger partial charge in [-0.05, 0) is 23.3 Å². The smallest absolute Gasteiger partial charge is 0.232 e. The van der Waals surface area contributed by atoms with Crippen molar-refractivity contribution in [1.29, 1.82) is 0 Å². The van der Waals surface area contributed by atoms with Gasteiger partial charge in [0, 0.05) is 64.3 Å². The lowest BCUT2D eigenvalue weighted by molar-refractivity contribution is 0.0161. The monoisotopic (exact) mass is 531 g/mol. The van der Waals surface area contributed by atoms with Crippen molar-refractivity contribution in [3.05, 3.63) is 72.3 Å². The average molecular weight is 532 g/mol. The maximum atomic E-state index is 13.5. The van der Waals surface area contributed by atoms with E-state index in [1.165, 1.54) is 18.5 Å². The van der Waals surface area contributed by atoms with E-state index in [1.807, 2.05) is 29.3 Å². The Morgan fingerprint density at radius 2 is 1.79 bits per heavy atom. The topological polar surface area (TPSA) is 122 Å². The largest absolute Gasteiger partial charge is 0.374 e. The Morgan fingerprint density at radius 3 is 2.56 bits per heavy atom. The van der Waals surface area contributed by atoms with Gasteiger partial charge in [0.1, 0.15) is 12.1 Å². The number of benzene rings is 1. The molecule has 0 saturated carbocycles. The fraction of sp³-hybridized carbons (Fsp3) is 0.385. The average Bonchev–Trinajstić information content (AvgIpc) is 3.41. The van der Waals surface area contributed by atoms with Gasteiger partial charge in [0.05, 0.1) is 31.1 Å². The van der Waals surface area contributed by atoms with Crippen molar-refractivity contribution in [3.8, 4) is 0 Å². The van der Waals surface area contributed by atoms with E-state index >= 15 is 0 Å². The van der Waals surface area contributed by atoms with Crippen LogP contribution in [0.5, 0.6) is 0 Å². The molecule has 1 aromatic carbocycles. The second-order valence-electron chi connectivity index (χ2n) is 9.55. The third-order valence-corrected chi connectivity index (χ3v) is 6.68. The summed E-state index contributed by atoms with van der Waals surface area (Å²) in [5.41, 5.74) is 2.64. The first-order valence-electron chi connectivity index (χ1n) is 13.0. The van der Waals surface area contributed by atoms with Gasteiger partial charge in [0.15, 0.2) is 0 Å². The molecule has 2 saturated heterocycles. The van der Waals surface area contributed by atoms with E-state index in [2.05, 4.69) is 50.5 Å². The van der Waals surface area contributed by atoms with Gasteiger partial charge in [0.2, 0.25) is 17.8 Å². The van der Waals surface area contributed by atoms with Gasteiger partial charge >= 0.3 is 0 Å². The lowest BCUT2D eigenvalue weighted by atomic mass is 10.1. The number of rotatable bonds is 8. The molecular weight excluding hydrogens is 501 g/mol. The van der Waals surface area contributed by atoms with Crippen LogP contribution in [-0.2, 0) is 17.7 Å². The highest BCUT2D eigenvalue weighted by Crippen LogP contribution is 2.18. The summed E-state index contributed by atoms with van der Waals surface area (Å²) < 4.78 is 21.1. The SMILES string of the molecule is Fc1cccc(Cc2cnc(N3CCN(c4ncnc(Nc5cnn(C[C@@H]6CNCCO6)c5)n4)CC3)nc2)c1. The lowest BCUT2D eigenvalue weighted by Crippen LogP contribution is -2.47. The number of piperazine rings is 1. The molecule has 2 fully saturated rings. The Bertz CT molecular complexity index is 1370. The molecule has 0 radical (unpaired) electrons. The Morgan fingerprint density at radius 1 is 0.974 bits per heavy atom. The second kappa shape index (κ2) is 11.7. The molecule has 2 N–H and O–H groups in total. The molecule has 6 rings (SSSR count). The van der Waals surface area contributed by atoms with Crippen LogP contribution in [0, 0.1) is 5.82 Å². The van der Waals surface area contributed by atoms with Gasteiger partial charge < -0.3 is 25.2 Å². The number of morpholine rings is 1. The number of ether oxygens (including phenoxy) is 1. The summed E-state index contributed by atoms with van der Waals surface area (Å²) in [5, 5.41) is 11.0. The van der Waals surface area contributed by atoms with Crippen LogP contribution in [0.1, 0.15) is 11.1 Å². The molecule has 0 spiro atoms. The van der Waals surface area contributed by atoms with Crippen molar-refractivity contribution in [2.24, 2.45) is 0 Å². The van der Waals surface area contributed by atoms with Crippen LogP contribution < -0.4 is 20.4 Å². The molecule has 1 atom stereocenters. The molecule has 4 aromatic rings. The molecule has 0 unspecified atom stereocenters. The van der Waals surface area contributed by atoms with Gasteiger partial charge in [-0.1, -0.05) is 12.1 Å². The third kappa shape index (κ3) is 6.44. The first-order valence-corrected chi connectivity index (χ1v) is 13.0. The zero-order valence-corrected chi connectivity index (χ0v) is 21.4. The van der Waals surface area contributed by atoms with E-state index in [1.54, 1.807) is 12.3 Å². The van der Waals surface area contributed by atoms with Crippen molar-refractivity contribution in [1.82, 2.24) is 40.0 Å². The van der Waals surface area contributed by atoms with Crippen molar-refractivity contribution in [2.75, 3.05) is 61.0 Å². The lowest BCUT2D eigenvalue weighted by Gasteiger charge is -2.34. The molecule has 2 aliphatic heterocycles. The molecule has 39 heavy (non-hydrogen) atoms. The minimum Gasteiger partial charge on any atom is -0.374 e. The summed E-state index contributed by atoms with van der Waals surface area (Å²) in [4.78, 5) is 26.6. The van der Waals surface area contributed by atoms with Crippen molar-refractivity contribution >= 4 is 23.5 Å². The molecule has 13 heteroatoms. The van der Waals surface area contributed by atoms with E-state index in [0.717, 1.165) is 62.7 Å². The quantitative estimate of drug-likeness (QED) is 0.345. The standard InChI is InChI=1S/C26H30FN11O/c27-21-3-1-2-19(11-21)10-20-12-29-25(30-13-20)36-5-7-37(8-6-36)26-32-18-31-24(35-26)34-22-14-33-38(16-22)17-23-15-28-4-9-39-23/h1-3,11-14,16,18,23,28H,4-10,15,17H2,(H,31,32,34,35)/t23-/m0/s1. The van der Waals surface area contributed by atoms with Crippen molar-refractivity contribution in [2.45, 2.75) is 19.1 Å². The Labute approximate surface area is 225 Å². The van der Waals surface area contributed by atoms with Gasteiger partial charge in [0.25, 0.3) is 0 Å². The maximum absolute atomic E-state index is 13.5. The minimum absolute atomic E-state index is 0.109. The summed E-state index contributed by atoms with van der Waals surface area (Å²) in [5.74, 6) is 1.53. The summed E-state index contributed by atoms with van der Waals surface area (Å²) in [6.45, 7) is 6.04. The normalized spacial score (nSPS) is 17.8. The van der Waals surface area contributed by atoms with Crippen molar-refractivity contribution in [3.63, 3.8) is 0 Å². The molecule has 5 heterocycles.